The number of esters is 1. The average Bonchev–Trinajstić information content (AvgIpc) is 2.03. The summed E-state index contributed by atoms with van der Waals surface area (Å²) in [6.45, 7) is 5.34. The van der Waals surface area contributed by atoms with Gasteiger partial charge in [0.1, 0.15) is 0 Å². The van der Waals surface area contributed by atoms with Gasteiger partial charge in [-0.1, -0.05) is 18.2 Å². The molecule has 0 bridgehead atoms. The number of rotatable bonds is 4. The van der Waals surface area contributed by atoms with Crippen molar-refractivity contribution < 1.29 is 22.7 Å². The third-order valence-corrected chi connectivity index (χ3v) is 1.76. The van der Waals surface area contributed by atoms with E-state index in [0.717, 1.165) is 6.92 Å². The van der Waals surface area contributed by atoms with Crippen LogP contribution in [0.1, 0.15) is 13.8 Å². The zero-order chi connectivity index (χ0) is 11.5. The summed E-state index contributed by atoms with van der Waals surface area (Å²) in [5.41, 5.74) is -2.94. The minimum absolute atomic E-state index is 0.0439. The minimum atomic E-state index is -3.91. The van der Waals surface area contributed by atoms with Crippen LogP contribution in [-0.2, 0) is 9.53 Å². The second kappa shape index (κ2) is 4.68. The molecule has 0 fully saturated rings. The summed E-state index contributed by atoms with van der Waals surface area (Å²) in [6.07, 6.45) is -1.93. The molecule has 0 amide bonds. The van der Waals surface area contributed by atoms with Crippen LogP contribution in [-0.4, -0.2) is 23.6 Å². The van der Waals surface area contributed by atoms with Gasteiger partial charge in [0.25, 0.3) is 0 Å². The van der Waals surface area contributed by atoms with Crippen molar-refractivity contribution in [3.05, 3.63) is 12.2 Å². The van der Waals surface area contributed by atoms with Crippen LogP contribution in [0, 0.1) is 0 Å². The minimum Gasteiger partial charge on any atom is -0.453 e. The first-order chi connectivity index (χ1) is 6.19. The lowest BCUT2D eigenvalue weighted by molar-refractivity contribution is -0.173. The predicted octanol–water partition coefficient (Wildman–Crippen LogP) is 2.66. The Morgan fingerprint density at radius 3 is 2.29 bits per heavy atom. The van der Waals surface area contributed by atoms with Gasteiger partial charge >= 0.3 is 11.9 Å². The van der Waals surface area contributed by atoms with Crippen LogP contribution in [0.5, 0.6) is 0 Å². The van der Waals surface area contributed by atoms with Gasteiger partial charge in [-0.3, -0.25) is 0 Å². The molecule has 0 heterocycles. The fourth-order valence-corrected chi connectivity index (χ4v) is 0.695. The molecule has 6 heteroatoms. The summed E-state index contributed by atoms with van der Waals surface area (Å²) in [4.78, 5) is 10.8. The second-order valence-corrected chi connectivity index (χ2v) is 3.19. The van der Waals surface area contributed by atoms with Gasteiger partial charge in [-0.2, -0.15) is 8.78 Å². The molecule has 0 aliphatic heterocycles. The van der Waals surface area contributed by atoms with Gasteiger partial charge in [-0.15, -0.1) is 0 Å². The number of hydrogen-bond donors (Lipinski definition) is 0. The van der Waals surface area contributed by atoms with Crippen molar-refractivity contribution in [2.24, 2.45) is 0 Å². The zero-order valence-electron chi connectivity index (χ0n) is 7.69. The molecule has 2 atom stereocenters. The van der Waals surface area contributed by atoms with E-state index in [1.165, 1.54) is 6.92 Å². The Hall–Kier alpha value is -0.710. The fraction of sp³-hybridized carbons (Fsp3) is 0.625. The molecular weight excluding hydrogens is 221 g/mol. The first-order valence-corrected chi connectivity index (χ1v) is 4.15. The van der Waals surface area contributed by atoms with Crippen molar-refractivity contribution in [2.75, 3.05) is 0 Å². The monoisotopic (exact) mass is 230 g/mol. The van der Waals surface area contributed by atoms with Crippen LogP contribution in [0.3, 0.4) is 0 Å². The molecule has 0 spiro atoms. The number of carbonyl (C=O) groups excluding carboxylic acids is 1. The number of carbonyl (C=O) groups is 1. The average molecular weight is 231 g/mol. The van der Waals surface area contributed by atoms with Gasteiger partial charge in [0.15, 0.2) is 6.10 Å². The Balaban J connectivity index is 4.41. The van der Waals surface area contributed by atoms with Crippen molar-refractivity contribution in [2.45, 2.75) is 31.5 Å². The standard InChI is InChI=1S/C8H10ClF3O2/c1-4(2)6(13)14-5(3)8(11,12)7(9)10/h5,7H,1H2,2-3H3. The Morgan fingerprint density at radius 2 is 2.00 bits per heavy atom. The lowest BCUT2D eigenvalue weighted by Gasteiger charge is -2.23. The third-order valence-electron chi connectivity index (χ3n) is 1.47. The summed E-state index contributed by atoms with van der Waals surface area (Å²) in [6, 6.07) is 0. The van der Waals surface area contributed by atoms with Gasteiger partial charge in [0.2, 0.25) is 5.63 Å². The number of ether oxygens (including phenoxy) is 1. The molecule has 2 nitrogen and oxygen atoms in total. The maximum atomic E-state index is 12.7. The van der Waals surface area contributed by atoms with Crippen LogP contribution < -0.4 is 0 Å². The predicted molar refractivity (Wildman–Crippen MR) is 46.1 cm³/mol. The van der Waals surface area contributed by atoms with E-state index in [9.17, 15) is 18.0 Å². The largest absolute Gasteiger partial charge is 0.453 e. The topological polar surface area (TPSA) is 26.3 Å². The van der Waals surface area contributed by atoms with E-state index in [4.69, 9.17) is 0 Å². The van der Waals surface area contributed by atoms with Gasteiger partial charge in [-0.25, -0.2) is 9.18 Å². The third kappa shape index (κ3) is 3.21. The van der Waals surface area contributed by atoms with Crippen LogP contribution in [0.15, 0.2) is 12.2 Å². The molecule has 2 unspecified atom stereocenters. The van der Waals surface area contributed by atoms with E-state index in [2.05, 4.69) is 22.9 Å². The molecular formula is C8H10ClF3O2. The molecule has 14 heavy (non-hydrogen) atoms. The van der Waals surface area contributed by atoms with Crippen molar-refractivity contribution in [3.8, 4) is 0 Å². The Kier molecular flexibility index (Phi) is 4.45. The van der Waals surface area contributed by atoms with Crippen LogP contribution in [0.25, 0.3) is 0 Å². The maximum Gasteiger partial charge on any atom is 0.333 e. The zero-order valence-corrected chi connectivity index (χ0v) is 8.45. The highest BCUT2D eigenvalue weighted by Crippen LogP contribution is 2.30. The maximum absolute atomic E-state index is 12.7. The first-order valence-electron chi connectivity index (χ1n) is 3.72. The summed E-state index contributed by atoms with van der Waals surface area (Å²) >= 11 is 4.60. The summed E-state index contributed by atoms with van der Waals surface area (Å²) in [5.74, 6) is -4.92. The summed E-state index contributed by atoms with van der Waals surface area (Å²) in [7, 11) is 0. The van der Waals surface area contributed by atoms with Crippen molar-refractivity contribution in [3.63, 3.8) is 0 Å². The van der Waals surface area contributed by atoms with Crippen LogP contribution in [0.2, 0.25) is 0 Å². The smallest absolute Gasteiger partial charge is 0.333 e. The molecule has 0 aromatic rings. The fourth-order valence-electron chi connectivity index (χ4n) is 0.517. The highest BCUT2D eigenvalue weighted by atomic mass is 35.5. The van der Waals surface area contributed by atoms with E-state index < -0.39 is 23.6 Å². The van der Waals surface area contributed by atoms with Gasteiger partial charge in [0.05, 0.1) is 0 Å². The van der Waals surface area contributed by atoms with Crippen LogP contribution in [0.4, 0.5) is 13.2 Å². The lowest BCUT2D eigenvalue weighted by Crippen LogP contribution is -2.41. The molecule has 0 aliphatic carbocycles. The lowest BCUT2D eigenvalue weighted by atomic mass is 10.2. The number of alkyl halides is 4. The molecule has 0 aliphatic rings. The van der Waals surface area contributed by atoms with Gasteiger partial charge in [0, 0.05) is 5.57 Å². The molecule has 0 aromatic heterocycles. The molecule has 0 saturated heterocycles. The van der Waals surface area contributed by atoms with Gasteiger partial charge in [-0.05, 0) is 13.8 Å². The van der Waals surface area contributed by atoms with E-state index in [-0.39, 0.29) is 5.57 Å². The molecule has 0 radical (unpaired) electrons. The van der Waals surface area contributed by atoms with Gasteiger partial charge < -0.3 is 4.74 Å². The number of halogens is 4. The quantitative estimate of drug-likeness (QED) is 0.422. The highest BCUT2D eigenvalue weighted by molar-refractivity contribution is 6.20. The molecule has 0 N–H and O–H groups in total. The van der Waals surface area contributed by atoms with E-state index in [1.807, 2.05) is 0 Å². The Labute approximate surface area is 84.7 Å². The molecule has 0 rings (SSSR count). The van der Waals surface area contributed by atoms with Crippen molar-refractivity contribution in [1.82, 2.24) is 0 Å². The van der Waals surface area contributed by atoms with Crippen molar-refractivity contribution in [1.29, 1.82) is 0 Å². The van der Waals surface area contributed by atoms with E-state index >= 15 is 0 Å². The Morgan fingerprint density at radius 1 is 1.57 bits per heavy atom. The molecule has 0 aromatic carbocycles. The summed E-state index contributed by atoms with van der Waals surface area (Å²) in [5, 5.41) is 0. The highest BCUT2D eigenvalue weighted by Gasteiger charge is 2.47. The van der Waals surface area contributed by atoms with Crippen molar-refractivity contribution >= 4 is 17.6 Å². The van der Waals surface area contributed by atoms with E-state index in [0.29, 0.717) is 0 Å². The molecule has 0 saturated carbocycles. The second-order valence-electron chi connectivity index (χ2n) is 2.80. The van der Waals surface area contributed by atoms with Crippen LogP contribution >= 0.6 is 11.6 Å². The summed E-state index contributed by atoms with van der Waals surface area (Å²) < 4.78 is 41.9. The molecule has 82 valence electrons. The first kappa shape index (κ1) is 13.3. The number of hydrogen-bond acceptors (Lipinski definition) is 2. The van der Waals surface area contributed by atoms with E-state index in [1.54, 1.807) is 0 Å². The normalized spacial score (nSPS) is 15.9. The SMILES string of the molecule is C=C(C)C(=O)OC(C)C(F)(F)C(F)Cl. The Bertz CT molecular complexity index is 241.